The molecule has 0 saturated heterocycles. The number of carboxylic acids is 1. The smallest absolute Gasteiger partial charge is 0.322 e. The number of ether oxygens (including phenoxy) is 1. The highest BCUT2D eigenvalue weighted by Gasteiger charge is 2.14. The summed E-state index contributed by atoms with van der Waals surface area (Å²) >= 11 is 0. The lowest BCUT2D eigenvalue weighted by Crippen LogP contribution is -2.28. The second kappa shape index (κ2) is 32.1. The van der Waals surface area contributed by atoms with E-state index in [9.17, 15) is 14.4 Å². The monoisotopic (exact) mass is 594 g/mol. The first-order valence-electron chi connectivity index (χ1n) is 17.8. The highest BCUT2D eigenvalue weighted by Crippen LogP contribution is 2.18. The summed E-state index contributed by atoms with van der Waals surface area (Å²) in [4.78, 5) is 34.7. The number of unbranched alkanes of at least 4 members (excludes halogenated alkanes) is 19. The van der Waals surface area contributed by atoms with Crippen LogP contribution in [-0.2, 0) is 19.1 Å². The van der Waals surface area contributed by atoms with Crippen molar-refractivity contribution in [3.63, 3.8) is 0 Å². The maximum Gasteiger partial charge on any atom is 0.322 e. The molecule has 0 saturated carbocycles. The topological polar surface area (TPSA) is 92.7 Å². The van der Waals surface area contributed by atoms with Crippen LogP contribution in [0.3, 0.4) is 0 Å². The molecule has 0 radical (unpaired) electrons. The Hall–Kier alpha value is -1.85. The highest BCUT2D eigenvalue weighted by molar-refractivity contribution is 5.80. The third-order valence-corrected chi connectivity index (χ3v) is 7.94. The molecule has 1 amide bonds. The summed E-state index contributed by atoms with van der Waals surface area (Å²) in [6.45, 7) is 4.19. The zero-order chi connectivity index (χ0) is 30.9. The molecule has 0 spiro atoms. The van der Waals surface area contributed by atoms with Crippen molar-refractivity contribution >= 4 is 17.8 Å². The lowest BCUT2D eigenvalue weighted by molar-refractivity contribution is -0.150. The molecular formula is C36H67NO5. The number of aliphatic carboxylic acids is 1. The summed E-state index contributed by atoms with van der Waals surface area (Å²) in [5.74, 6) is -1.25. The van der Waals surface area contributed by atoms with Crippen LogP contribution in [0.15, 0.2) is 12.2 Å². The van der Waals surface area contributed by atoms with Gasteiger partial charge in [0, 0.05) is 12.8 Å². The molecule has 246 valence electrons. The summed E-state index contributed by atoms with van der Waals surface area (Å²) in [6.07, 6.45) is 34.7. The fraction of sp³-hybridized carbons (Fsp3) is 0.861. The van der Waals surface area contributed by atoms with E-state index < -0.39 is 5.97 Å². The lowest BCUT2D eigenvalue weighted by atomic mass is 10.0. The van der Waals surface area contributed by atoms with E-state index in [-0.39, 0.29) is 24.5 Å². The van der Waals surface area contributed by atoms with Crippen molar-refractivity contribution in [1.82, 2.24) is 5.32 Å². The molecule has 6 heteroatoms. The second-order valence-electron chi connectivity index (χ2n) is 12.1. The van der Waals surface area contributed by atoms with Gasteiger partial charge in [0.1, 0.15) is 12.6 Å². The van der Waals surface area contributed by atoms with Gasteiger partial charge in [0.15, 0.2) is 0 Å². The Morgan fingerprint density at radius 1 is 0.595 bits per heavy atom. The Labute approximate surface area is 259 Å². The molecule has 2 N–H and O–H groups in total. The Morgan fingerprint density at radius 2 is 1.05 bits per heavy atom. The van der Waals surface area contributed by atoms with Gasteiger partial charge in [-0.15, -0.1) is 0 Å². The van der Waals surface area contributed by atoms with E-state index in [1.165, 1.54) is 89.9 Å². The number of carbonyl (C=O) groups is 3. The van der Waals surface area contributed by atoms with Crippen molar-refractivity contribution in [3.05, 3.63) is 12.2 Å². The standard InChI is InChI=1S/C36H67NO5/c1-3-5-7-9-11-13-14-16-17-20-24-28-33(29-25-21-19-22-26-30-34(38)37-32-35(39)40)42-36(41)31-27-23-18-15-12-10-8-6-4-2/h16-17,33H,3-15,18-32H2,1-2H3,(H,37,38)(H,39,40)/b17-16-. The quantitative estimate of drug-likeness (QED) is 0.0460. The van der Waals surface area contributed by atoms with Crippen LogP contribution in [0.25, 0.3) is 0 Å². The van der Waals surface area contributed by atoms with Crippen LogP contribution in [0, 0.1) is 0 Å². The van der Waals surface area contributed by atoms with E-state index in [1.54, 1.807) is 0 Å². The number of hydrogen-bond acceptors (Lipinski definition) is 4. The number of esters is 1. The van der Waals surface area contributed by atoms with Crippen LogP contribution in [-0.4, -0.2) is 35.6 Å². The van der Waals surface area contributed by atoms with E-state index >= 15 is 0 Å². The van der Waals surface area contributed by atoms with Gasteiger partial charge in [-0.2, -0.15) is 0 Å². The van der Waals surface area contributed by atoms with Gasteiger partial charge in [-0.25, -0.2) is 0 Å². The van der Waals surface area contributed by atoms with Crippen molar-refractivity contribution in [1.29, 1.82) is 0 Å². The number of amides is 1. The third-order valence-electron chi connectivity index (χ3n) is 7.94. The number of rotatable bonds is 32. The SMILES string of the molecule is CCCCCCCC/C=C\CCCC(CCCCCCCC(=O)NCC(=O)O)OC(=O)CCCCCCCCCCC. The molecule has 0 aliphatic rings. The van der Waals surface area contributed by atoms with Crippen LogP contribution in [0.1, 0.15) is 187 Å². The summed E-state index contributed by atoms with van der Waals surface area (Å²) in [5.41, 5.74) is 0. The van der Waals surface area contributed by atoms with Crippen molar-refractivity contribution in [2.75, 3.05) is 6.54 Å². The van der Waals surface area contributed by atoms with Gasteiger partial charge >= 0.3 is 11.9 Å². The van der Waals surface area contributed by atoms with E-state index in [4.69, 9.17) is 9.84 Å². The molecular weight excluding hydrogens is 526 g/mol. The number of nitrogens with one attached hydrogen (secondary N) is 1. The summed E-state index contributed by atoms with van der Waals surface area (Å²) < 4.78 is 5.96. The summed E-state index contributed by atoms with van der Waals surface area (Å²) in [7, 11) is 0. The van der Waals surface area contributed by atoms with Crippen LogP contribution in [0.5, 0.6) is 0 Å². The van der Waals surface area contributed by atoms with Crippen molar-refractivity contribution in [2.45, 2.75) is 193 Å². The lowest BCUT2D eigenvalue weighted by Gasteiger charge is -2.18. The van der Waals surface area contributed by atoms with Gasteiger partial charge in [-0.3, -0.25) is 14.4 Å². The average molecular weight is 594 g/mol. The molecule has 42 heavy (non-hydrogen) atoms. The van der Waals surface area contributed by atoms with Crippen LogP contribution >= 0.6 is 0 Å². The molecule has 6 nitrogen and oxygen atoms in total. The minimum atomic E-state index is -1.02. The first kappa shape index (κ1) is 40.1. The average Bonchev–Trinajstić information content (AvgIpc) is 2.97. The molecule has 0 aliphatic carbocycles. The van der Waals surface area contributed by atoms with Crippen LogP contribution in [0.4, 0.5) is 0 Å². The maximum absolute atomic E-state index is 12.6. The summed E-state index contributed by atoms with van der Waals surface area (Å²) in [5, 5.41) is 11.0. The predicted molar refractivity (Wildman–Crippen MR) is 176 cm³/mol. The number of allylic oxidation sites excluding steroid dienone is 2. The van der Waals surface area contributed by atoms with E-state index in [0.29, 0.717) is 12.8 Å². The molecule has 0 aromatic rings. The van der Waals surface area contributed by atoms with E-state index in [0.717, 1.165) is 70.6 Å². The zero-order valence-corrected chi connectivity index (χ0v) is 27.6. The third kappa shape index (κ3) is 31.1. The van der Waals surface area contributed by atoms with Crippen molar-refractivity contribution in [3.8, 4) is 0 Å². The fourth-order valence-electron chi connectivity index (χ4n) is 5.28. The second-order valence-corrected chi connectivity index (χ2v) is 12.1. The Morgan fingerprint density at radius 3 is 1.62 bits per heavy atom. The van der Waals surface area contributed by atoms with Gasteiger partial charge in [-0.1, -0.05) is 129 Å². The molecule has 0 aliphatic heterocycles. The van der Waals surface area contributed by atoms with Crippen molar-refractivity contribution in [2.24, 2.45) is 0 Å². The Balaban J connectivity index is 4.22. The zero-order valence-electron chi connectivity index (χ0n) is 27.6. The van der Waals surface area contributed by atoms with Gasteiger partial charge in [-0.05, 0) is 57.8 Å². The molecule has 0 bridgehead atoms. The number of carboxylic acid groups (broad SMARTS) is 1. The van der Waals surface area contributed by atoms with Crippen molar-refractivity contribution < 1.29 is 24.2 Å². The van der Waals surface area contributed by atoms with Gasteiger partial charge < -0.3 is 15.2 Å². The molecule has 0 heterocycles. The normalized spacial score (nSPS) is 12.0. The van der Waals surface area contributed by atoms with E-state index in [1.807, 2.05) is 0 Å². The van der Waals surface area contributed by atoms with Crippen LogP contribution in [0.2, 0.25) is 0 Å². The molecule has 1 atom stereocenters. The largest absolute Gasteiger partial charge is 0.480 e. The molecule has 0 aromatic carbocycles. The van der Waals surface area contributed by atoms with Gasteiger partial charge in [0.05, 0.1) is 0 Å². The Bertz CT molecular complexity index is 663. The van der Waals surface area contributed by atoms with Gasteiger partial charge in [0.25, 0.3) is 0 Å². The maximum atomic E-state index is 12.6. The predicted octanol–water partition coefficient (Wildman–Crippen LogP) is 10.2. The van der Waals surface area contributed by atoms with Gasteiger partial charge in [0.2, 0.25) is 5.91 Å². The minimum absolute atomic E-state index is 0.00447. The number of hydrogen-bond donors (Lipinski definition) is 2. The van der Waals surface area contributed by atoms with Crippen LogP contribution < -0.4 is 5.32 Å². The number of carbonyl (C=O) groups excluding carboxylic acids is 2. The molecule has 0 rings (SSSR count). The molecule has 0 fully saturated rings. The minimum Gasteiger partial charge on any atom is -0.480 e. The van der Waals surface area contributed by atoms with E-state index in [2.05, 4.69) is 31.3 Å². The fourth-order valence-corrected chi connectivity index (χ4v) is 5.28. The summed E-state index contributed by atoms with van der Waals surface area (Å²) in [6, 6.07) is 0. The Kier molecular flexibility index (Phi) is 30.7. The molecule has 0 aromatic heterocycles. The first-order valence-corrected chi connectivity index (χ1v) is 17.8. The molecule has 1 unspecified atom stereocenters. The highest BCUT2D eigenvalue weighted by atomic mass is 16.5. The first-order chi connectivity index (χ1) is 20.5.